The minimum atomic E-state index is -0.919. The summed E-state index contributed by atoms with van der Waals surface area (Å²) in [5, 5.41) is 19.2. The van der Waals surface area contributed by atoms with Gasteiger partial charge in [-0.1, -0.05) is 6.07 Å². The van der Waals surface area contributed by atoms with Gasteiger partial charge in [-0.05, 0) is 17.5 Å². The molecule has 0 aliphatic heterocycles. The molecule has 0 fully saturated rings. The van der Waals surface area contributed by atoms with Crippen LogP contribution in [0.2, 0.25) is 0 Å². The topological polar surface area (TPSA) is 80.4 Å². The predicted octanol–water partition coefficient (Wildman–Crippen LogP) is 1.32. The Bertz CT molecular complexity index is 427. The maximum Gasteiger partial charge on any atom is 0.311 e. The first kappa shape index (κ1) is 8.68. The lowest BCUT2D eigenvalue weighted by Gasteiger charge is -2.25. The number of aliphatic carboxylic acids is 1. The Morgan fingerprint density at radius 3 is 2.86 bits per heavy atom. The summed E-state index contributed by atoms with van der Waals surface area (Å²) in [5.74, 6) is -1.48. The van der Waals surface area contributed by atoms with E-state index in [1.54, 1.807) is 6.07 Å². The zero-order valence-corrected chi connectivity index (χ0v) is 7.14. The summed E-state index contributed by atoms with van der Waals surface area (Å²) in [7, 11) is 0. The number of non-ortho nitro benzene ring substituents is 1. The fraction of sp³-hybridized carbons (Fsp3) is 0.222. The van der Waals surface area contributed by atoms with Crippen LogP contribution in [-0.4, -0.2) is 16.0 Å². The minimum Gasteiger partial charge on any atom is -0.481 e. The SMILES string of the molecule is O=C(O)C1Cc2ccc([N+](=O)[O-])cc21. The molecule has 1 aliphatic rings. The summed E-state index contributed by atoms with van der Waals surface area (Å²) in [6, 6.07) is 4.36. The van der Waals surface area contributed by atoms with Gasteiger partial charge in [0.2, 0.25) is 0 Å². The van der Waals surface area contributed by atoms with E-state index in [0.717, 1.165) is 5.56 Å². The molecular weight excluding hydrogens is 186 g/mol. The molecule has 0 bridgehead atoms. The number of nitro benzene ring substituents is 1. The largest absolute Gasteiger partial charge is 0.481 e. The van der Waals surface area contributed by atoms with E-state index in [4.69, 9.17) is 5.11 Å². The summed E-state index contributed by atoms with van der Waals surface area (Å²) in [6.45, 7) is 0. The fourth-order valence-electron chi connectivity index (χ4n) is 1.63. The molecule has 1 N–H and O–H groups in total. The number of nitrogens with zero attached hydrogens (tertiary/aromatic N) is 1. The average Bonchev–Trinajstić information content (AvgIpc) is 2.05. The van der Waals surface area contributed by atoms with Gasteiger partial charge in [0, 0.05) is 12.1 Å². The van der Waals surface area contributed by atoms with Crippen LogP contribution in [0, 0.1) is 10.1 Å². The Labute approximate surface area is 79.1 Å². The van der Waals surface area contributed by atoms with E-state index in [9.17, 15) is 14.9 Å². The van der Waals surface area contributed by atoms with E-state index in [1.165, 1.54) is 12.1 Å². The number of nitro groups is 1. The van der Waals surface area contributed by atoms with Gasteiger partial charge < -0.3 is 5.11 Å². The van der Waals surface area contributed by atoms with E-state index in [-0.39, 0.29) is 5.69 Å². The van der Waals surface area contributed by atoms with Crippen LogP contribution in [0.1, 0.15) is 17.0 Å². The van der Waals surface area contributed by atoms with Gasteiger partial charge in [0.25, 0.3) is 5.69 Å². The molecule has 0 saturated carbocycles. The standard InChI is InChI=1S/C9H7NO4/c11-9(12)8-3-5-1-2-6(10(13)14)4-7(5)8/h1-2,4,8H,3H2,(H,11,12). The van der Waals surface area contributed by atoms with Gasteiger partial charge in [-0.3, -0.25) is 14.9 Å². The second kappa shape index (κ2) is 2.80. The number of carboxylic acids is 1. The van der Waals surface area contributed by atoms with Crippen molar-refractivity contribution in [1.82, 2.24) is 0 Å². The Kier molecular flexibility index (Phi) is 1.73. The summed E-state index contributed by atoms with van der Waals surface area (Å²) in [4.78, 5) is 20.6. The van der Waals surface area contributed by atoms with Crippen molar-refractivity contribution in [3.8, 4) is 0 Å². The smallest absolute Gasteiger partial charge is 0.311 e. The normalized spacial score (nSPS) is 18.1. The van der Waals surface area contributed by atoms with Crippen molar-refractivity contribution < 1.29 is 14.8 Å². The van der Waals surface area contributed by atoms with Gasteiger partial charge in [0.05, 0.1) is 10.8 Å². The molecule has 72 valence electrons. The third-order valence-corrected chi connectivity index (χ3v) is 2.44. The second-order valence-electron chi connectivity index (χ2n) is 3.24. The second-order valence-corrected chi connectivity index (χ2v) is 3.24. The maximum absolute atomic E-state index is 10.7. The highest BCUT2D eigenvalue weighted by Crippen LogP contribution is 2.37. The van der Waals surface area contributed by atoms with Crippen LogP contribution >= 0.6 is 0 Å². The Morgan fingerprint density at radius 2 is 2.29 bits per heavy atom. The lowest BCUT2D eigenvalue weighted by atomic mass is 9.77. The quantitative estimate of drug-likeness (QED) is 0.567. The van der Waals surface area contributed by atoms with E-state index < -0.39 is 16.8 Å². The van der Waals surface area contributed by atoms with Gasteiger partial charge in [-0.15, -0.1) is 0 Å². The van der Waals surface area contributed by atoms with Crippen molar-refractivity contribution in [3.63, 3.8) is 0 Å². The van der Waals surface area contributed by atoms with E-state index in [2.05, 4.69) is 0 Å². The molecule has 0 aromatic heterocycles. The summed E-state index contributed by atoms with van der Waals surface area (Å²) in [6.07, 6.45) is 0.475. The van der Waals surface area contributed by atoms with E-state index in [0.29, 0.717) is 12.0 Å². The summed E-state index contributed by atoms with van der Waals surface area (Å²) < 4.78 is 0. The predicted molar refractivity (Wildman–Crippen MR) is 47.2 cm³/mol. The first-order valence-electron chi connectivity index (χ1n) is 4.09. The number of hydrogen-bond donors (Lipinski definition) is 1. The van der Waals surface area contributed by atoms with Gasteiger partial charge >= 0.3 is 5.97 Å². The lowest BCUT2D eigenvalue weighted by molar-refractivity contribution is -0.385. The van der Waals surface area contributed by atoms with Crippen LogP contribution in [0.4, 0.5) is 5.69 Å². The molecule has 1 aliphatic carbocycles. The molecule has 0 spiro atoms. The first-order valence-corrected chi connectivity index (χ1v) is 4.09. The van der Waals surface area contributed by atoms with E-state index in [1.807, 2.05) is 0 Å². The van der Waals surface area contributed by atoms with Crippen LogP contribution in [0.3, 0.4) is 0 Å². The van der Waals surface area contributed by atoms with Crippen LogP contribution in [0.5, 0.6) is 0 Å². The molecule has 5 heteroatoms. The van der Waals surface area contributed by atoms with Crippen molar-refractivity contribution in [1.29, 1.82) is 0 Å². The van der Waals surface area contributed by atoms with Gasteiger partial charge in [0.15, 0.2) is 0 Å². The zero-order valence-electron chi connectivity index (χ0n) is 7.14. The Morgan fingerprint density at radius 1 is 1.57 bits per heavy atom. The number of rotatable bonds is 2. The van der Waals surface area contributed by atoms with Gasteiger partial charge in [-0.25, -0.2) is 0 Å². The molecule has 0 saturated heterocycles. The number of carboxylic acid groups (broad SMARTS) is 1. The Balaban J connectivity index is 2.39. The van der Waals surface area contributed by atoms with Gasteiger partial charge in [-0.2, -0.15) is 0 Å². The minimum absolute atomic E-state index is 0.0466. The average molecular weight is 193 g/mol. The molecule has 0 heterocycles. The third-order valence-electron chi connectivity index (χ3n) is 2.44. The molecule has 1 unspecified atom stereocenters. The van der Waals surface area contributed by atoms with Crippen molar-refractivity contribution in [2.75, 3.05) is 0 Å². The number of carbonyl (C=O) groups is 1. The monoisotopic (exact) mass is 193 g/mol. The van der Waals surface area contributed by atoms with Crippen LogP contribution in [0.15, 0.2) is 18.2 Å². The van der Waals surface area contributed by atoms with Crippen molar-refractivity contribution in [2.45, 2.75) is 12.3 Å². The molecule has 0 radical (unpaired) electrons. The van der Waals surface area contributed by atoms with E-state index >= 15 is 0 Å². The summed E-state index contributed by atoms with van der Waals surface area (Å²) >= 11 is 0. The molecule has 14 heavy (non-hydrogen) atoms. The molecule has 5 nitrogen and oxygen atoms in total. The van der Waals surface area contributed by atoms with Crippen molar-refractivity contribution in [3.05, 3.63) is 39.4 Å². The molecular formula is C9H7NO4. The number of hydrogen-bond acceptors (Lipinski definition) is 3. The maximum atomic E-state index is 10.7. The fourth-order valence-corrected chi connectivity index (χ4v) is 1.63. The molecule has 0 amide bonds. The molecule has 1 aromatic rings. The van der Waals surface area contributed by atoms with Crippen LogP contribution in [-0.2, 0) is 11.2 Å². The highest BCUT2D eigenvalue weighted by atomic mass is 16.6. The molecule has 1 aromatic carbocycles. The highest BCUT2D eigenvalue weighted by Gasteiger charge is 2.33. The number of fused-ring (bicyclic) bond motifs is 1. The highest BCUT2D eigenvalue weighted by molar-refractivity contribution is 5.80. The first-order chi connectivity index (χ1) is 6.59. The third kappa shape index (κ3) is 1.14. The summed E-state index contributed by atoms with van der Waals surface area (Å²) in [5.41, 5.74) is 1.42. The van der Waals surface area contributed by atoms with Crippen molar-refractivity contribution >= 4 is 11.7 Å². The zero-order chi connectivity index (χ0) is 10.3. The Hall–Kier alpha value is -1.91. The van der Waals surface area contributed by atoms with Crippen molar-refractivity contribution in [2.24, 2.45) is 0 Å². The van der Waals surface area contributed by atoms with Crippen LogP contribution in [0.25, 0.3) is 0 Å². The molecule has 1 atom stereocenters. The molecule has 2 rings (SSSR count). The van der Waals surface area contributed by atoms with Crippen LogP contribution < -0.4 is 0 Å². The lowest BCUT2D eigenvalue weighted by Crippen LogP contribution is -2.24. The van der Waals surface area contributed by atoms with Gasteiger partial charge in [0.1, 0.15) is 0 Å². The number of benzene rings is 1.